The molecule has 1 rings (SSSR count). The number of nitrogens with one attached hydrogen (secondary N) is 1. The molecule has 1 N–H and O–H groups in total. The molecule has 0 heterocycles. The first-order valence-corrected chi connectivity index (χ1v) is 13.4. The topological polar surface area (TPSA) is 96.3 Å². The third kappa shape index (κ3) is 16.6. The summed E-state index contributed by atoms with van der Waals surface area (Å²) in [6.45, 7) is 3.26. The molecule has 0 radical (unpaired) electrons. The predicted octanol–water partition coefficient (Wildman–Crippen LogP) is 8.04. The zero-order valence-electron chi connectivity index (χ0n) is 22.0. The van der Waals surface area contributed by atoms with Gasteiger partial charge < -0.3 is 14.8 Å². The van der Waals surface area contributed by atoms with Crippen LogP contribution in [0.25, 0.3) is 10.4 Å². The lowest BCUT2D eigenvalue weighted by molar-refractivity contribution is -0.121. The molecule has 0 bridgehead atoms. The van der Waals surface area contributed by atoms with E-state index in [9.17, 15) is 4.79 Å². The summed E-state index contributed by atoms with van der Waals surface area (Å²) in [6, 6.07) is 5.55. The number of benzene rings is 1. The average Bonchev–Trinajstić information content (AvgIpc) is 2.88. The minimum absolute atomic E-state index is 0.0799. The highest BCUT2D eigenvalue weighted by molar-refractivity contribution is 5.75. The van der Waals surface area contributed by atoms with Crippen molar-refractivity contribution in [1.82, 2.24) is 5.32 Å². The van der Waals surface area contributed by atoms with E-state index in [4.69, 9.17) is 15.0 Å². The van der Waals surface area contributed by atoms with Crippen LogP contribution in [0, 0.1) is 0 Å². The van der Waals surface area contributed by atoms with Gasteiger partial charge >= 0.3 is 0 Å². The molecule has 0 aliphatic carbocycles. The van der Waals surface area contributed by atoms with Crippen molar-refractivity contribution in [2.24, 2.45) is 5.11 Å². The summed E-state index contributed by atoms with van der Waals surface area (Å²) in [5, 5.41) is 6.42. The lowest BCUT2D eigenvalue weighted by Crippen LogP contribution is -2.22. The van der Waals surface area contributed by atoms with Crippen LogP contribution in [0.5, 0.6) is 11.5 Å². The molecule has 1 amide bonds. The molecule has 0 atom stereocenters. The summed E-state index contributed by atoms with van der Waals surface area (Å²) in [6.07, 6.45) is 21.5. The largest absolute Gasteiger partial charge is 0.493 e. The Bertz CT molecular complexity index is 761. The predicted molar refractivity (Wildman–Crippen MR) is 144 cm³/mol. The lowest BCUT2D eigenvalue weighted by atomic mass is 10.1. The van der Waals surface area contributed by atoms with Crippen LogP contribution in [0.15, 0.2) is 35.5 Å². The lowest BCUT2D eigenvalue weighted by Gasteiger charge is -2.12. The maximum absolute atomic E-state index is 12.2. The van der Waals surface area contributed by atoms with Gasteiger partial charge in [-0.25, -0.2) is 0 Å². The molecule has 0 aliphatic heterocycles. The van der Waals surface area contributed by atoms with E-state index in [0.29, 0.717) is 24.5 Å². The zero-order valence-corrected chi connectivity index (χ0v) is 22.0. The SMILES string of the molecule is CCCCCCCCC=CCCCCCCCC(=O)NCc1ccc(OCCN=[N+]=[N-])c(OC)c1. The molecule has 0 unspecified atom stereocenters. The van der Waals surface area contributed by atoms with E-state index in [2.05, 4.69) is 34.4 Å². The number of carbonyl (C=O) groups is 1. The summed E-state index contributed by atoms with van der Waals surface area (Å²) < 4.78 is 10.9. The number of amides is 1. The first-order chi connectivity index (χ1) is 17.2. The molecular formula is C28H46N4O3. The Balaban J connectivity index is 2.06. The maximum atomic E-state index is 12.2. The Morgan fingerprint density at radius 2 is 1.63 bits per heavy atom. The number of methoxy groups -OCH3 is 1. The average molecular weight is 487 g/mol. The number of allylic oxidation sites excluding steroid dienone is 2. The molecule has 1 aromatic carbocycles. The third-order valence-corrected chi connectivity index (χ3v) is 5.90. The fourth-order valence-electron chi connectivity index (χ4n) is 3.83. The van der Waals surface area contributed by atoms with Crippen molar-refractivity contribution in [3.8, 4) is 11.5 Å². The number of carbonyl (C=O) groups excluding carboxylic acids is 1. The van der Waals surface area contributed by atoms with Crippen LogP contribution < -0.4 is 14.8 Å². The summed E-state index contributed by atoms with van der Waals surface area (Å²) >= 11 is 0. The number of hydrogen-bond donors (Lipinski definition) is 1. The van der Waals surface area contributed by atoms with Crippen molar-refractivity contribution in [2.75, 3.05) is 20.3 Å². The van der Waals surface area contributed by atoms with Crippen LogP contribution in [0.2, 0.25) is 0 Å². The van der Waals surface area contributed by atoms with Gasteiger partial charge in [-0.3, -0.25) is 4.79 Å². The minimum Gasteiger partial charge on any atom is -0.493 e. The maximum Gasteiger partial charge on any atom is 0.220 e. The van der Waals surface area contributed by atoms with Crippen LogP contribution in [0.1, 0.15) is 102 Å². The van der Waals surface area contributed by atoms with Crippen LogP contribution in [0.3, 0.4) is 0 Å². The van der Waals surface area contributed by atoms with Gasteiger partial charge in [-0.05, 0) is 55.3 Å². The van der Waals surface area contributed by atoms with Gasteiger partial charge in [0.15, 0.2) is 11.5 Å². The molecule has 7 heteroatoms. The second-order valence-corrected chi connectivity index (χ2v) is 8.90. The molecular weight excluding hydrogens is 440 g/mol. The molecule has 0 spiro atoms. The smallest absolute Gasteiger partial charge is 0.220 e. The van der Waals surface area contributed by atoms with Crippen molar-refractivity contribution in [2.45, 2.75) is 103 Å². The molecule has 0 saturated carbocycles. The van der Waals surface area contributed by atoms with Gasteiger partial charge in [0.1, 0.15) is 0 Å². The highest BCUT2D eigenvalue weighted by Gasteiger charge is 2.07. The van der Waals surface area contributed by atoms with Gasteiger partial charge in [-0.2, -0.15) is 0 Å². The van der Waals surface area contributed by atoms with Crippen LogP contribution >= 0.6 is 0 Å². The number of unbranched alkanes of at least 4 members (excludes halogenated alkanes) is 11. The highest BCUT2D eigenvalue weighted by atomic mass is 16.5. The normalized spacial score (nSPS) is 10.8. The molecule has 0 aromatic heterocycles. The second-order valence-electron chi connectivity index (χ2n) is 8.90. The first-order valence-electron chi connectivity index (χ1n) is 13.4. The molecule has 7 nitrogen and oxygen atoms in total. The van der Waals surface area contributed by atoms with Crippen LogP contribution in [-0.4, -0.2) is 26.2 Å². The number of ether oxygens (including phenoxy) is 2. The summed E-state index contributed by atoms with van der Waals surface area (Å²) in [5.74, 6) is 1.26. The standard InChI is InChI=1S/C28H46N4O3/c1-3-4-5-6-7-8-9-10-11-12-13-14-15-16-17-18-28(33)30-24-25-19-20-26(27(23-25)34-2)35-22-21-31-32-29/h10-11,19-20,23H,3-9,12-18,21-22,24H2,1-2H3,(H,30,33). The second kappa shape index (κ2) is 21.8. The Hall–Kier alpha value is -2.66. The molecule has 35 heavy (non-hydrogen) atoms. The molecule has 0 fully saturated rings. The Morgan fingerprint density at radius 1 is 0.971 bits per heavy atom. The molecule has 0 aliphatic rings. The van der Waals surface area contributed by atoms with Gasteiger partial charge in [-0.15, -0.1) is 0 Å². The van der Waals surface area contributed by atoms with E-state index >= 15 is 0 Å². The zero-order chi connectivity index (χ0) is 25.4. The number of hydrogen-bond acceptors (Lipinski definition) is 4. The summed E-state index contributed by atoms with van der Waals surface area (Å²) in [5.41, 5.74) is 9.26. The van der Waals surface area contributed by atoms with Crippen LogP contribution in [-0.2, 0) is 11.3 Å². The third-order valence-electron chi connectivity index (χ3n) is 5.90. The fraction of sp³-hybridized carbons (Fsp3) is 0.679. The van der Waals surface area contributed by atoms with Crippen molar-refractivity contribution in [1.29, 1.82) is 0 Å². The summed E-state index contributed by atoms with van der Waals surface area (Å²) in [7, 11) is 1.57. The van der Waals surface area contributed by atoms with Crippen molar-refractivity contribution < 1.29 is 14.3 Å². The van der Waals surface area contributed by atoms with E-state index in [1.807, 2.05) is 12.1 Å². The van der Waals surface area contributed by atoms with Crippen molar-refractivity contribution in [3.63, 3.8) is 0 Å². The Morgan fingerprint density at radius 3 is 2.29 bits per heavy atom. The quantitative estimate of drug-likeness (QED) is 0.0590. The summed E-state index contributed by atoms with van der Waals surface area (Å²) in [4.78, 5) is 14.9. The molecule has 196 valence electrons. The van der Waals surface area contributed by atoms with E-state index in [0.717, 1.165) is 18.4 Å². The molecule has 0 saturated heterocycles. The van der Waals surface area contributed by atoms with E-state index in [-0.39, 0.29) is 19.1 Å². The van der Waals surface area contributed by atoms with Gasteiger partial charge in [0.2, 0.25) is 5.91 Å². The Kier molecular flexibility index (Phi) is 19.0. The molecule has 1 aromatic rings. The van der Waals surface area contributed by atoms with Crippen molar-refractivity contribution in [3.05, 3.63) is 46.4 Å². The number of rotatable bonds is 22. The monoisotopic (exact) mass is 486 g/mol. The minimum atomic E-state index is 0.0799. The number of azide groups is 1. The van der Waals surface area contributed by atoms with E-state index in [1.54, 1.807) is 13.2 Å². The van der Waals surface area contributed by atoms with E-state index in [1.165, 1.54) is 70.6 Å². The van der Waals surface area contributed by atoms with Gasteiger partial charge in [0, 0.05) is 17.9 Å². The van der Waals surface area contributed by atoms with E-state index < -0.39 is 0 Å². The van der Waals surface area contributed by atoms with Crippen LogP contribution in [0.4, 0.5) is 0 Å². The Labute approximate surface area is 212 Å². The van der Waals surface area contributed by atoms with Gasteiger partial charge in [0.05, 0.1) is 20.3 Å². The fourth-order valence-corrected chi connectivity index (χ4v) is 3.83. The number of nitrogens with zero attached hydrogens (tertiary/aromatic N) is 3. The van der Waals surface area contributed by atoms with Gasteiger partial charge in [-0.1, -0.05) is 81.6 Å². The first kappa shape index (κ1) is 30.4. The van der Waals surface area contributed by atoms with Crippen molar-refractivity contribution >= 4 is 5.91 Å². The van der Waals surface area contributed by atoms with Gasteiger partial charge in [0.25, 0.3) is 0 Å². The highest BCUT2D eigenvalue weighted by Crippen LogP contribution is 2.28.